The molecule has 0 saturated carbocycles. The minimum Gasteiger partial charge on any atom is -0.301 e. The molecule has 2 aliphatic heterocycles. The van der Waals surface area contributed by atoms with Crippen molar-refractivity contribution in [3.8, 4) is 0 Å². The third-order valence-corrected chi connectivity index (χ3v) is 4.52. The van der Waals surface area contributed by atoms with E-state index in [0.717, 1.165) is 12.1 Å². The van der Waals surface area contributed by atoms with E-state index in [1.165, 1.54) is 64.7 Å². The van der Waals surface area contributed by atoms with Crippen LogP contribution in [0.25, 0.3) is 0 Å². The van der Waals surface area contributed by atoms with Crippen LogP contribution in [-0.2, 0) is 0 Å². The fourth-order valence-corrected chi connectivity index (χ4v) is 3.28. The quantitative estimate of drug-likeness (QED) is 0.663. The van der Waals surface area contributed by atoms with Crippen LogP contribution >= 0.6 is 0 Å². The van der Waals surface area contributed by atoms with Gasteiger partial charge in [0.15, 0.2) is 0 Å². The summed E-state index contributed by atoms with van der Waals surface area (Å²) in [5.74, 6) is 0. The van der Waals surface area contributed by atoms with Gasteiger partial charge < -0.3 is 9.80 Å². The zero-order valence-corrected chi connectivity index (χ0v) is 11.1. The van der Waals surface area contributed by atoms with Crippen molar-refractivity contribution >= 4 is 0 Å². The summed E-state index contributed by atoms with van der Waals surface area (Å²) in [6, 6.07) is 1.71. The van der Waals surface area contributed by atoms with E-state index >= 15 is 0 Å². The minimum absolute atomic E-state index is 0.853. The predicted molar refractivity (Wildman–Crippen MR) is 69.8 cm³/mol. The van der Waals surface area contributed by atoms with Gasteiger partial charge in [0.05, 0.1) is 0 Å². The average Bonchev–Trinajstić information content (AvgIpc) is 2.84. The van der Waals surface area contributed by atoms with E-state index < -0.39 is 0 Å². The Balaban J connectivity index is 1.54. The van der Waals surface area contributed by atoms with Gasteiger partial charge >= 0.3 is 0 Å². The van der Waals surface area contributed by atoms with E-state index in [2.05, 4.69) is 23.6 Å². The summed E-state index contributed by atoms with van der Waals surface area (Å²) in [4.78, 5) is 5.35. The molecule has 0 bridgehead atoms. The van der Waals surface area contributed by atoms with Crippen molar-refractivity contribution in [3.63, 3.8) is 0 Å². The van der Waals surface area contributed by atoms with Gasteiger partial charge in [0.2, 0.25) is 0 Å². The maximum atomic E-state index is 2.67. The Morgan fingerprint density at radius 2 is 1.25 bits per heavy atom. The van der Waals surface area contributed by atoms with Crippen LogP contribution in [0.5, 0.6) is 0 Å². The van der Waals surface area contributed by atoms with Crippen LogP contribution in [-0.4, -0.2) is 48.1 Å². The summed E-state index contributed by atoms with van der Waals surface area (Å²) < 4.78 is 0. The second kappa shape index (κ2) is 6.02. The molecule has 0 spiro atoms. The topological polar surface area (TPSA) is 6.48 Å². The molecule has 0 aromatic rings. The average molecular weight is 224 g/mol. The zero-order chi connectivity index (χ0) is 11.4. The van der Waals surface area contributed by atoms with Crippen LogP contribution < -0.4 is 0 Å². The molecule has 94 valence electrons. The number of hydrogen-bond donors (Lipinski definition) is 0. The van der Waals surface area contributed by atoms with Crippen molar-refractivity contribution in [1.82, 2.24) is 9.80 Å². The number of likely N-dealkylation sites (tertiary alicyclic amines) is 2. The van der Waals surface area contributed by atoms with Gasteiger partial charge in [-0.15, -0.1) is 0 Å². The SMILES string of the molecule is CC1CCCN1CCCCN1CCCC1C. The molecule has 0 aliphatic carbocycles. The number of hydrogen-bond acceptors (Lipinski definition) is 2. The molecule has 2 nitrogen and oxygen atoms in total. The maximum Gasteiger partial charge on any atom is 0.00674 e. The fourth-order valence-electron chi connectivity index (χ4n) is 3.28. The fraction of sp³-hybridized carbons (Fsp3) is 1.00. The van der Waals surface area contributed by atoms with Crippen LogP contribution in [0.2, 0.25) is 0 Å². The Morgan fingerprint density at radius 1 is 0.812 bits per heavy atom. The van der Waals surface area contributed by atoms with Crippen LogP contribution in [0.15, 0.2) is 0 Å². The summed E-state index contributed by atoms with van der Waals surface area (Å²) in [5, 5.41) is 0. The molecule has 2 rings (SSSR count). The van der Waals surface area contributed by atoms with Crippen LogP contribution in [0.1, 0.15) is 52.4 Å². The standard InChI is InChI=1S/C14H28N2/c1-13-7-5-11-15(13)9-3-4-10-16-12-6-8-14(16)2/h13-14H,3-12H2,1-2H3. The molecule has 2 saturated heterocycles. The lowest BCUT2D eigenvalue weighted by molar-refractivity contribution is 0.235. The lowest BCUT2D eigenvalue weighted by Crippen LogP contribution is -2.30. The number of rotatable bonds is 5. The lowest BCUT2D eigenvalue weighted by Gasteiger charge is -2.23. The molecular formula is C14H28N2. The van der Waals surface area contributed by atoms with Crippen molar-refractivity contribution in [1.29, 1.82) is 0 Å². The third kappa shape index (κ3) is 3.21. The first kappa shape index (κ1) is 12.4. The summed E-state index contributed by atoms with van der Waals surface area (Å²) in [6.07, 6.45) is 8.47. The summed E-state index contributed by atoms with van der Waals surface area (Å²) in [7, 11) is 0. The first-order chi connectivity index (χ1) is 7.77. The molecule has 2 aliphatic rings. The normalized spacial score (nSPS) is 32.6. The van der Waals surface area contributed by atoms with E-state index in [0.29, 0.717) is 0 Å². The molecule has 0 aromatic heterocycles. The van der Waals surface area contributed by atoms with Gasteiger partial charge in [-0.1, -0.05) is 0 Å². The zero-order valence-electron chi connectivity index (χ0n) is 11.1. The van der Waals surface area contributed by atoms with E-state index in [9.17, 15) is 0 Å². The van der Waals surface area contributed by atoms with Gasteiger partial charge in [0.25, 0.3) is 0 Å². The highest BCUT2D eigenvalue weighted by molar-refractivity contribution is 4.77. The van der Waals surface area contributed by atoms with Gasteiger partial charge in [-0.05, 0) is 78.6 Å². The predicted octanol–water partition coefficient (Wildman–Crippen LogP) is 2.74. The molecule has 2 atom stereocenters. The molecule has 16 heavy (non-hydrogen) atoms. The van der Waals surface area contributed by atoms with Gasteiger partial charge in [-0.3, -0.25) is 0 Å². The Morgan fingerprint density at radius 3 is 1.56 bits per heavy atom. The highest BCUT2D eigenvalue weighted by Crippen LogP contribution is 2.18. The second-order valence-electron chi connectivity index (χ2n) is 5.76. The molecular weight excluding hydrogens is 196 g/mol. The van der Waals surface area contributed by atoms with Gasteiger partial charge in [0, 0.05) is 12.1 Å². The summed E-state index contributed by atoms with van der Waals surface area (Å²) >= 11 is 0. The maximum absolute atomic E-state index is 2.67. The van der Waals surface area contributed by atoms with Crippen LogP contribution in [0.3, 0.4) is 0 Å². The monoisotopic (exact) mass is 224 g/mol. The Bertz CT molecular complexity index is 183. The first-order valence-electron chi connectivity index (χ1n) is 7.25. The summed E-state index contributed by atoms with van der Waals surface area (Å²) in [5.41, 5.74) is 0. The van der Waals surface area contributed by atoms with Gasteiger partial charge in [-0.25, -0.2) is 0 Å². The van der Waals surface area contributed by atoms with Crippen molar-refractivity contribution in [2.24, 2.45) is 0 Å². The van der Waals surface area contributed by atoms with Gasteiger partial charge in [-0.2, -0.15) is 0 Å². The van der Waals surface area contributed by atoms with E-state index in [1.807, 2.05) is 0 Å². The number of nitrogens with zero attached hydrogens (tertiary/aromatic N) is 2. The van der Waals surface area contributed by atoms with Crippen molar-refractivity contribution in [3.05, 3.63) is 0 Å². The van der Waals surface area contributed by atoms with Crippen molar-refractivity contribution in [2.75, 3.05) is 26.2 Å². The molecule has 2 fully saturated rings. The first-order valence-corrected chi connectivity index (χ1v) is 7.25. The van der Waals surface area contributed by atoms with Crippen LogP contribution in [0, 0.1) is 0 Å². The molecule has 0 N–H and O–H groups in total. The minimum atomic E-state index is 0.853. The molecule has 2 unspecified atom stereocenters. The van der Waals surface area contributed by atoms with Crippen molar-refractivity contribution < 1.29 is 0 Å². The lowest BCUT2D eigenvalue weighted by atomic mass is 10.2. The smallest absolute Gasteiger partial charge is 0.00674 e. The van der Waals surface area contributed by atoms with Crippen LogP contribution in [0.4, 0.5) is 0 Å². The largest absolute Gasteiger partial charge is 0.301 e. The Kier molecular flexibility index (Phi) is 4.66. The molecule has 2 heteroatoms. The van der Waals surface area contributed by atoms with E-state index in [-0.39, 0.29) is 0 Å². The highest BCUT2D eigenvalue weighted by Gasteiger charge is 2.21. The van der Waals surface area contributed by atoms with Gasteiger partial charge in [0.1, 0.15) is 0 Å². The Hall–Kier alpha value is -0.0800. The number of unbranched alkanes of at least 4 members (excludes halogenated alkanes) is 1. The molecule has 0 aromatic carbocycles. The second-order valence-corrected chi connectivity index (χ2v) is 5.76. The molecule has 0 radical (unpaired) electrons. The summed E-state index contributed by atoms with van der Waals surface area (Å²) in [6.45, 7) is 10.1. The highest BCUT2D eigenvalue weighted by atomic mass is 15.2. The van der Waals surface area contributed by atoms with Crippen molar-refractivity contribution in [2.45, 2.75) is 64.5 Å². The van der Waals surface area contributed by atoms with E-state index in [1.54, 1.807) is 0 Å². The molecule has 2 heterocycles. The molecule has 0 amide bonds. The third-order valence-electron chi connectivity index (χ3n) is 4.52. The Labute approximate surface area is 101 Å². The van der Waals surface area contributed by atoms with E-state index in [4.69, 9.17) is 0 Å².